The SMILES string of the molecule is CN(C)c1ccc(N([O-])Cc2ccc(Br)cc2N([O-])O)cc1. The molecule has 0 aliphatic rings. The van der Waals surface area contributed by atoms with Crippen LogP contribution in [-0.4, -0.2) is 19.3 Å². The molecule has 1 N–H and O–H groups in total. The molecule has 22 heavy (non-hydrogen) atoms. The van der Waals surface area contributed by atoms with Crippen molar-refractivity contribution < 1.29 is 5.21 Å². The third kappa shape index (κ3) is 3.89. The number of rotatable bonds is 5. The number of nitrogens with zero attached hydrogens (tertiary/aromatic N) is 3. The molecule has 0 unspecified atom stereocenters. The Balaban J connectivity index is 2.19. The van der Waals surface area contributed by atoms with Crippen molar-refractivity contribution in [2.45, 2.75) is 6.54 Å². The van der Waals surface area contributed by atoms with Gasteiger partial charge in [-0.25, -0.2) is 0 Å². The molecule has 0 heterocycles. The zero-order chi connectivity index (χ0) is 16.3. The number of hydroxylamine groups is 1. The summed E-state index contributed by atoms with van der Waals surface area (Å²) in [7, 11) is 3.84. The van der Waals surface area contributed by atoms with Crippen molar-refractivity contribution in [3.8, 4) is 0 Å². The quantitative estimate of drug-likeness (QED) is 0.813. The average molecular weight is 366 g/mol. The number of hydrogen-bond acceptors (Lipinski definition) is 6. The highest BCUT2D eigenvalue weighted by atomic mass is 79.9. The van der Waals surface area contributed by atoms with E-state index in [1.165, 1.54) is 6.07 Å². The lowest BCUT2D eigenvalue weighted by Gasteiger charge is -2.33. The van der Waals surface area contributed by atoms with E-state index in [1.54, 1.807) is 24.3 Å². The maximum atomic E-state index is 12.2. The van der Waals surface area contributed by atoms with Crippen LogP contribution in [0.2, 0.25) is 0 Å². The van der Waals surface area contributed by atoms with Gasteiger partial charge in [-0.1, -0.05) is 22.0 Å². The van der Waals surface area contributed by atoms with Crippen molar-refractivity contribution in [2.24, 2.45) is 0 Å². The molecule has 0 atom stereocenters. The molecular weight excluding hydrogens is 350 g/mol. The second kappa shape index (κ2) is 6.97. The van der Waals surface area contributed by atoms with Gasteiger partial charge in [0.05, 0.1) is 5.69 Å². The van der Waals surface area contributed by atoms with E-state index in [4.69, 9.17) is 5.21 Å². The molecular formula is C15H16BrN3O3-2. The molecule has 0 saturated heterocycles. The molecule has 2 aromatic rings. The summed E-state index contributed by atoms with van der Waals surface area (Å²) in [5.74, 6) is 0. The van der Waals surface area contributed by atoms with Crippen LogP contribution in [0.15, 0.2) is 46.9 Å². The Morgan fingerprint density at radius 1 is 1.00 bits per heavy atom. The third-order valence-electron chi connectivity index (χ3n) is 3.22. The van der Waals surface area contributed by atoms with Gasteiger partial charge in [-0.15, -0.1) is 0 Å². The Morgan fingerprint density at radius 3 is 2.14 bits per heavy atom. The summed E-state index contributed by atoms with van der Waals surface area (Å²) in [6.07, 6.45) is 0. The van der Waals surface area contributed by atoms with Crippen LogP contribution >= 0.6 is 15.9 Å². The summed E-state index contributed by atoms with van der Waals surface area (Å²) in [5, 5.41) is 33.1. The van der Waals surface area contributed by atoms with Crippen molar-refractivity contribution in [1.82, 2.24) is 0 Å². The second-order valence-electron chi connectivity index (χ2n) is 4.99. The minimum Gasteiger partial charge on any atom is -0.758 e. The first kappa shape index (κ1) is 16.6. The van der Waals surface area contributed by atoms with E-state index in [2.05, 4.69) is 15.9 Å². The summed E-state index contributed by atoms with van der Waals surface area (Å²) in [6, 6.07) is 11.9. The molecule has 2 rings (SSSR count). The highest BCUT2D eigenvalue weighted by molar-refractivity contribution is 9.10. The second-order valence-corrected chi connectivity index (χ2v) is 5.91. The van der Waals surface area contributed by atoms with Crippen molar-refractivity contribution in [3.05, 3.63) is 62.9 Å². The monoisotopic (exact) mass is 365 g/mol. The maximum Gasteiger partial charge on any atom is 0.0569 e. The third-order valence-corrected chi connectivity index (χ3v) is 3.71. The zero-order valence-corrected chi connectivity index (χ0v) is 13.8. The first-order chi connectivity index (χ1) is 10.4. The minimum atomic E-state index is -0.233. The first-order valence-corrected chi connectivity index (χ1v) is 7.34. The predicted molar refractivity (Wildman–Crippen MR) is 92.1 cm³/mol. The number of halogens is 1. The molecule has 6 nitrogen and oxygen atoms in total. The number of benzene rings is 2. The summed E-state index contributed by atoms with van der Waals surface area (Å²) in [4.78, 5) is 1.94. The van der Waals surface area contributed by atoms with Crippen LogP contribution in [0.5, 0.6) is 0 Å². The molecule has 0 fully saturated rings. The van der Waals surface area contributed by atoms with Crippen LogP contribution in [0.3, 0.4) is 0 Å². The van der Waals surface area contributed by atoms with Gasteiger partial charge in [0.1, 0.15) is 0 Å². The molecule has 2 aromatic carbocycles. The first-order valence-electron chi connectivity index (χ1n) is 6.55. The lowest BCUT2D eigenvalue weighted by Crippen LogP contribution is -2.18. The van der Waals surface area contributed by atoms with E-state index in [0.717, 1.165) is 10.8 Å². The number of anilines is 3. The summed E-state index contributed by atoms with van der Waals surface area (Å²) >= 11 is 3.22. The Hall–Kier alpha value is -1.80. The Morgan fingerprint density at radius 2 is 1.59 bits per heavy atom. The molecule has 0 aliphatic heterocycles. The topological polar surface area (TPSA) is 76.1 Å². The largest absolute Gasteiger partial charge is 0.758 e. The summed E-state index contributed by atoms with van der Waals surface area (Å²) in [6.45, 7) is -0.0385. The predicted octanol–water partition coefficient (Wildman–Crippen LogP) is 3.71. The van der Waals surface area contributed by atoms with Crippen LogP contribution in [0.4, 0.5) is 17.1 Å². The Kier molecular flexibility index (Phi) is 5.25. The van der Waals surface area contributed by atoms with Crippen LogP contribution in [0, 0.1) is 10.4 Å². The van der Waals surface area contributed by atoms with Gasteiger partial charge in [0.2, 0.25) is 0 Å². The average Bonchev–Trinajstić information content (AvgIpc) is 2.48. The molecule has 0 saturated carbocycles. The fourth-order valence-electron chi connectivity index (χ4n) is 2.01. The fraction of sp³-hybridized carbons (Fsp3) is 0.200. The van der Waals surface area contributed by atoms with Gasteiger partial charge < -0.3 is 25.6 Å². The van der Waals surface area contributed by atoms with E-state index in [0.29, 0.717) is 15.7 Å². The van der Waals surface area contributed by atoms with E-state index >= 15 is 0 Å². The Bertz CT molecular complexity index is 632. The van der Waals surface area contributed by atoms with Gasteiger partial charge in [-0.2, -0.15) is 0 Å². The van der Waals surface area contributed by atoms with Crippen molar-refractivity contribution in [1.29, 1.82) is 0 Å². The van der Waals surface area contributed by atoms with Crippen LogP contribution in [-0.2, 0) is 6.54 Å². The molecule has 0 bridgehead atoms. The van der Waals surface area contributed by atoms with Crippen molar-refractivity contribution in [2.75, 3.05) is 29.3 Å². The van der Waals surface area contributed by atoms with E-state index in [9.17, 15) is 10.4 Å². The molecule has 7 heteroatoms. The highest BCUT2D eigenvalue weighted by Crippen LogP contribution is 2.27. The fourth-order valence-corrected chi connectivity index (χ4v) is 2.36. The van der Waals surface area contributed by atoms with Crippen LogP contribution in [0.25, 0.3) is 0 Å². The molecule has 0 radical (unpaired) electrons. The van der Waals surface area contributed by atoms with Gasteiger partial charge >= 0.3 is 0 Å². The lowest BCUT2D eigenvalue weighted by atomic mass is 10.1. The van der Waals surface area contributed by atoms with Gasteiger partial charge in [0.15, 0.2) is 0 Å². The molecule has 0 amide bonds. The normalized spacial score (nSPS) is 10.5. The standard InChI is InChI=1S/C15H16BrN3O3/c1-17(2)13-5-7-14(8-6-13)18(20)10-11-3-4-12(16)9-15(11)19(21)22/h3-9,21H,10H2,1-2H3/q-2. The van der Waals surface area contributed by atoms with Gasteiger partial charge in [-0.05, 0) is 42.0 Å². The summed E-state index contributed by atoms with van der Waals surface area (Å²) < 4.78 is 0.647. The van der Waals surface area contributed by atoms with E-state index in [-0.39, 0.29) is 17.5 Å². The van der Waals surface area contributed by atoms with E-state index in [1.807, 2.05) is 31.1 Å². The molecule has 0 spiro atoms. The van der Waals surface area contributed by atoms with Gasteiger partial charge in [0.25, 0.3) is 0 Å². The summed E-state index contributed by atoms with van der Waals surface area (Å²) in [5.41, 5.74) is 1.95. The minimum absolute atomic E-state index is 0.0385. The molecule has 118 valence electrons. The molecule has 0 aliphatic carbocycles. The zero-order valence-electron chi connectivity index (χ0n) is 12.2. The van der Waals surface area contributed by atoms with E-state index < -0.39 is 0 Å². The lowest BCUT2D eigenvalue weighted by molar-refractivity contribution is 0.295. The Labute approximate surface area is 137 Å². The van der Waals surface area contributed by atoms with Crippen molar-refractivity contribution >= 4 is 33.0 Å². The van der Waals surface area contributed by atoms with Crippen molar-refractivity contribution in [3.63, 3.8) is 0 Å². The smallest absolute Gasteiger partial charge is 0.0569 e. The highest BCUT2D eigenvalue weighted by Gasteiger charge is 2.06. The van der Waals surface area contributed by atoms with Gasteiger partial charge in [0, 0.05) is 36.5 Å². The van der Waals surface area contributed by atoms with Gasteiger partial charge in [-0.3, -0.25) is 5.21 Å². The van der Waals surface area contributed by atoms with Crippen LogP contribution < -0.4 is 15.2 Å². The van der Waals surface area contributed by atoms with Crippen LogP contribution in [0.1, 0.15) is 5.56 Å². The maximum absolute atomic E-state index is 12.2. The molecule has 0 aromatic heterocycles. The number of hydrogen-bond donors (Lipinski definition) is 1.